The average molecular weight is 465 g/mol. The van der Waals surface area contributed by atoms with Gasteiger partial charge in [-0.25, -0.2) is 0 Å². The number of nitrogens with one attached hydrogen (secondary N) is 1. The maximum Gasteiger partial charge on any atom is 0.251 e. The minimum atomic E-state index is -0.768. The Kier molecular flexibility index (Phi) is 8.34. The number of aryl methyl sites for hydroxylation is 1. The fourth-order valence-corrected chi connectivity index (χ4v) is 3.46. The summed E-state index contributed by atoms with van der Waals surface area (Å²) < 4.78 is 5.46. The van der Waals surface area contributed by atoms with E-state index in [1.807, 2.05) is 37.3 Å². The Morgan fingerprint density at radius 3 is 2.47 bits per heavy atom. The highest BCUT2D eigenvalue weighted by Crippen LogP contribution is 2.29. The van der Waals surface area contributed by atoms with Crippen LogP contribution in [0.15, 0.2) is 48.5 Å². The van der Waals surface area contributed by atoms with Gasteiger partial charge in [-0.3, -0.25) is 14.5 Å². The highest BCUT2D eigenvalue weighted by molar-refractivity contribution is 6.01. The molecule has 0 radical (unpaired) electrons. The van der Waals surface area contributed by atoms with Crippen LogP contribution in [0.4, 0.5) is 5.69 Å². The summed E-state index contributed by atoms with van der Waals surface area (Å²) in [7, 11) is 1.53. The van der Waals surface area contributed by atoms with Crippen molar-refractivity contribution < 1.29 is 14.3 Å². The Morgan fingerprint density at radius 2 is 1.79 bits per heavy atom. The lowest BCUT2D eigenvalue weighted by Gasteiger charge is -2.29. The molecule has 9 nitrogen and oxygen atoms in total. The number of tetrazole rings is 1. The summed E-state index contributed by atoms with van der Waals surface area (Å²) in [6.45, 7) is 8.24. The normalized spacial score (nSPS) is 11.8. The average Bonchev–Trinajstić information content (AvgIpc) is 3.28. The van der Waals surface area contributed by atoms with Gasteiger partial charge in [0.2, 0.25) is 11.7 Å². The first kappa shape index (κ1) is 24.9. The molecule has 1 atom stereocenters. The topological polar surface area (TPSA) is 102 Å². The van der Waals surface area contributed by atoms with Crippen LogP contribution in [0.3, 0.4) is 0 Å². The molecular formula is C25H32N6O3. The van der Waals surface area contributed by atoms with Gasteiger partial charge in [-0.1, -0.05) is 55.8 Å². The number of anilines is 1. The highest BCUT2D eigenvalue weighted by Gasteiger charge is 2.30. The monoisotopic (exact) mass is 464 g/mol. The zero-order chi connectivity index (χ0) is 24.7. The molecule has 1 unspecified atom stereocenters. The molecule has 1 aromatic heterocycles. The third-order valence-corrected chi connectivity index (χ3v) is 5.44. The van der Waals surface area contributed by atoms with Crippen molar-refractivity contribution in [3.8, 4) is 17.1 Å². The van der Waals surface area contributed by atoms with Crippen molar-refractivity contribution in [3.05, 3.63) is 54.1 Å². The van der Waals surface area contributed by atoms with Crippen molar-refractivity contribution in [2.75, 3.05) is 18.6 Å². The lowest BCUT2D eigenvalue weighted by atomic mass is 10.1. The van der Waals surface area contributed by atoms with Gasteiger partial charge in [0.1, 0.15) is 18.3 Å². The Balaban J connectivity index is 1.83. The molecule has 0 aliphatic carbocycles. The third-order valence-electron chi connectivity index (χ3n) is 5.44. The molecular weight excluding hydrogens is 432 g/mol. The first-order valence-corrected chi connectivity index (χ1v) is 11.4. The quantitative estimate of drug-likeness (QED) is 0.494. The summed E-state index contributed by atoms with van der Waals surface area (Å²) in [5.74, 6) is 0.778. The van der Waals surface area contributed by atoms with E-state index in [9.17, 15) is 9.59 Å². The van der Waals surface area contributed by atoms with Gasteiger partial charge >= 0.3 is 0 Å². The highest BCUT2D eigenvalue weighted by atomic mass is 16.5. The van der Waals surface area contributed by atoms with Crippen LogP contribution >= 0.6 is 0 Å². The second-order valence-electron chi connectivity index (χ2n) is 8.59. The number of nitrogens with zero attached hydrogens (tertiary/aromatic N) is 5. The molecule has 0 fully saturated rings. The molecule has 1 heterocycles. The van der Waals surface area contributed by atoms with Gasteiger partial charge < -0.3 is 10.1 Å². The minimum Gasteiger partial charge on any atom is -0.495 e. The lowest BCUT2D eigenvalue weighted by Crippen LogP contribution is -2.49. The summed E-state index contributed by atoms with van der Waals surface area (Å²) >= 11 is 0. The number of benzene rings is 2. The Morgan fingerprint density at radius 1 is 1.09 bits per heavy atom. The van der Waals surface area contributed by atoms with Crippen LogP contribution < -0.4 is 15.0 Å². The number of rotatable bonds is 10. The number of carbonyl (C=O) groups is 2. The van der Waals surface area contributed by atoms with Crippen molar-refractivity contribution in [3.63, 3.8) is 0 Å². The molecule has 0 saturated carbocycles. The van der Waals surface area contributed by atoms with Gasteiger partial charge in [0.05, 0.1) is 12.8 Å². The van der Waals surface area contributed by atoms with Crippen molar-refractivity contribution in [1.29, 1.82) is 0 Å². The molecule has 9 heteroatoms. The van der Waals surface area contributed by atoms with Crippen molar-refractivity contribution >= 4 is 17.5 Å². The van der Waals surface area contributed by atoms with Gasteiger partial charge in [-0.2, -0.15) is 4.80 Å². The first-order chi connectivity index (χ1) is 16.3. The molecule has 34 heavy (non-hydrogen) atoms. The van der Waals surface area contributed by atoms with E-state index in [1.165, 1.54) is 16.8 Å². The molecule has 3 aromatic rings. The van der Waals surface area contributed by atoms with Gasteiger partial charge in [-0.05, 0) is 43.5 Å². The van der Waals surface area contributed by atoms with E-state index in [4.69, 9.17) is 4.74 Å². The number of hydrogen-bond acceptors (Lipinski definition) is 6. The Hall–Kier alpha value is -3.75. The van der Waals surface area contributed by atoms with Gasteiger partial charge in [-0.15, -0.1) is 10.2 Å². The lowest BCUT2D eigenvalue weighted by molar-refractivity contribution is -0.126. The van der Waals surface area contributed by atoms with Gasteiger partial charge in [0.25, 0.3) is 5.91 Å². The smallest absolute Gasteiger partial charge is 0.251 e. The van der Waals surface area contributed by atoms with Crippen LogP contribution in [0.25, 0.3) is 11.4 Å². The first-order valence-electron chi connectivity index (χ1n) is 11.4. The second-order valence-corrected chi connectivity index (χ2v) is 8.59. The summed E-state index contributed by atoms with van der Waals surface area (Å²) in [6, 6.07) is 14.1. The number of ether oxygens (including phenoxy) is 1. The van der Waals surface area contributed by atoms with Crippen molar-refractivity contribution in [2.45, 2.75) is 46.7 Å². The molecule has 0 bridgehead atoms. The number of amides is 2. The predicted octanol–water partition coefficient (Wildman–Crippen LogP) is 3.24. The molecule has 0 aliphatic rings. The standard InChI is InChI=1S/C25H32N6O3/c1-17(2)14-15-26-25(33)19(4)31(21-8-6-7-9-22(21)34-5)23(32)16-30-28-24(27-29-30)20-12-10-18(3)11-13-20/h6-13,17,19H,14-16H2,1-5H3,(H,26,33). The maximum absolute atomic E-state index is 13.5. The van der Waals surface area contributed by atoms with Crippen LogP contribution in [0.1, 0.15) is 32.8 Å². The van der Waals surface area contributed by atoms with Crippen LogP contribution in [0.2, 0.25) is 0 Å². The molecule has 1 N–H and O–H groups in total. The second kappa shape index (κ2) is 11.4. The van der Waals surface area contributed by atoms with Crippen LogP contribution in [-0.2, 0) is 16.1 Å². The van der Waals surface area contributed by atoms with Crippen LogP contribution in [0, 0.1) is 12.8 Å². The van der Waals surface area contributed by atoms with Crippen molar-refractivity contribution in [1.82, 2.24) is 25.5 Å². The molecule has 180 valence electrons. The third kappa shape index (κ3) is 6.18. The predicted molar refractivity (Wildman–Crippen MR) is 130 cm³/mol. The van der Waals surface area contributed by atoms with Crippen LogP contribution in [0.5, 0.6) is 5.75 Å². The molecule has 2 aromatic carbocycles. The zero-order valence-corrected chi connectivity index (χ0v) is 20.4. The molecule has 0 saturated heterocycles. The van der Waals surface area contributed by atoms with E-state index in [1.54, 1.807) is 25.1 Å². The fourth-order valence-electron chi connectivity index (χ4n) is 3.46. The number of para-hydroxylation sites is 2. The number of hydrogen-bond donors (Lipinski definition) is 1. The molecule has 0 aliphatic heterocycles. The van der Waals surface area contributed by atoms with E-state index in [0.29, 0.717) is 29.7 Å². The minimum absolute atomic E-state index is 0.180. The van der Waals surface area contributed by atoms with Crippen LogP contribution in [-0.4, -0.2) is 51.7 Å². The molecule has 0 spiro atoms. The largest absolute Gasteiger partial charge is 0.495 e. The molecule has 3 rings (SSSR count). The summed E-state index contributed by atoms with van der Waals surface area (Å²) in [5.41, 5.74) is 2.43. The summed E-state index contributed by atoms with van der Waals surface area (Å²) in [6.07, 6.45) is 0.853. The van der Waals surface area contributed by atoms with Crippen molar-refractivity contribution in [2.24, 2.45) is 5.92 Å². The number of aromatic nitrogens is 4. The van der Waals surface area contributed by atoms with Gasteiger partial charge in [0.15, 0.2) is 0 Å². The Labute approximate surface area is 200 Å². The van der Waals surface area contributed by atoms with E-state index in [2.05, 4.69) is 34.6 Å². The summed E-state index contributed by atoms with van der Waals surface area (Å²) in [4.78, 5) is 29.0. The Bertz CT molecular complexity index is 1110. The van der Waals surface area contributed by atoms with E-state index in [0.717, 1.165) is 17.5 Å². The van der Waals surface area contributed by atoms with E-state index < -0.39 is 6.04 Å². The fraction of sp³-hybridized carbons (Fsp3) is 0.400. The number of methoxy groups -OCH3 is 1. The summed E-state index contributed by atoms with van der Waals surface area (Å²) in [5, 5.41) is 15.4. The SMILES string of the molecule is COc1ccccc1N(C(=O)Cn1nnc(-c2ccc(C)cc2)n1)C(C)C(=O)NCCC(C)C. The zero-order valence-electron chi connectivity index (χ0n) is 20.4. The van der Waals surface area contributed by atoms with E-state index >= 15 is 0 Å². The van der Waals surface area contributed by atoms with E-state index in [-0.39, 0.29) is 18.4 Å². The number of carbonyl (C=O) groups excluding carboxylic acids is 2. The maximum atomic E-state index is 13.5. The van der Waals surface area contributed by atoms with Gasteiger partial charge in [0, 0.05) is 12.1 Å². The molecule has 2 amide bonds.